The highest BCUT2D eigenvalue weighted by atomic mass is 79.9. The summed E-state index contributed by atoms with van der Waals surface area (Å²) in [6.45, 7) is 0.844. The van der Waals surface area contributed by atoms with Gasteiger partial charge in [0.25, 0.3) is 0 Å². The molecule has 1 aromatic carbocycles. The van der Waals surface area contributed by atoms with E-state index >= 15 is 0 Å². The van der Waals surface area contributed by atoms with Gasteiger partial charge in [-0.3, -0.25) is 0 Å². The molecule has 0 radical (unpaired) electrons. The lowest BCUT2D eigenvalue weighted by Crippen LogP contribution is -2.30. The van der Waals surface area contributed by atoms with E-state index < -0.39 is 0 Å². The minimum Gasteiger partial charge on any atom is -0.496 e. The molecule has 0 heterocycles. The molecule has 4 heteroatoms. The number of methoxy groups -OCH3 is 2. The summed E-state index contributed by atoms with van der Waals surface area (Å²) < 4.78 is 11.7. The van der Waals surface area contributed by atoms with Crippen LogP contribution in [0.15, 0.2) is 16.6 Å². The molecule has 1 aromatic rings. The highest BCUT2D eigenvalue weighted by Gasteiger charge is 2.14. The van der Waals surface area contributed by atoms with Gasteiger partial charge in [-0.05, 0) is 34.8 Å². The van der Waals surface area contributed by atoms with Gasteiger partial charge in [0.1, 0.15) is 11.5 Å². The number of benzene rings is 1. The Labute approximate surface area is 123 Å². The van der Waals surface area contributed by atoms with Crippen molar-refractivity contribution in [3.05, 3.63) is 22.2 Å². The normalized spacial score (nSPS) is 16.4. The Kier molecular flexibility index (Phi) is 5.52. The lowest BCUT2D eigenvalue weighted by atomic mass is 9.95. The molecule has 0 spiro atoms. The summed E-state index contributed by atoms with van der Waals surface area (Å²) in [6, 6.07) is 4.66. The fourth-order valence-electron chi connectivity index (χ4n) is 2.62. The Morgan fingerprint density at radius 1 is 1.11 bits per heavy atom. The van der Waals surface area contributed by atoms with Crippen LogP contribution in [0.4, 0.5) is 0 Å². The predicted molar refractivity (Wildman–Crippen MR) is 81.0 cm³/mol. The lowest BCUT2D eigenvalue weighted by molar-refractivity contribution is 0.363. The first-order chi connectivity index (χ1) is 9.24. The van der Waals surface area contributed by atoms with E-state index in [2.05, 4.69) is 27.3 Å². The molecule has 0 aromatic heterocycles. The molecule has 106 valence electrons. The van der Waals surface area contributed by atoms with Gasteiger partial charge in [-0.1, -0.05) is 19.3 Å². The van der Waals surface area contributed by atoms with Crippen molar-refractivity contribution in [2.75, 3.05) is 14.2 Å². The van der Waals surface area contributed by atoms with E-state index in [4.69, 9.17) is 9.47 Å². The molecule has 1 aliphatic carbocycles. The lowest BCUT2D eigenvalue weighted by Gasteiger charge is -2.23. The third kappa shape index (κ3) is 3.86. The number of hydrogen-bond donors (Lipinski definition) is 1. The van der Waals surface area contributed by atoms with Gasteiger partial charge in [-0.2, -0.15) is 0 Å². The quantitative estimate of drug-likeness (QED) is 0.889. The van der Waals surface area contributed by atoms with Crippen molar-refractivity contribution in [2.45, 2.75) is 44.7 Å². The van der Waals surface area contributed by atoms with Crippen LogP contribution in [0, 0.1) is 0 Å². The highest BCUT2D eigenvalue weighted by Crippen LogP contribution is 2.33. The maximum atomic E-state index is 5.44. The zero-order chi connectivity index (χ0) is 13.7. The molecule has 1 fully saturated rings. The fraction of sp³-hybridized carbons (Fsp3) is 0.600. The summed E-state index contributed by atoms with van der Waals surface area (Å²) in [5, 5.41) is 3.64. The van der Waals surface area contributed by atoms with Crippen molar-refractivity contribution in [2.24, 2.45) is 0 Å². The van der Waals surface area contributed by atoms with Crippen LogP contribution in [0.3, 0.4) is 0 Å². The van der Waals surface area contributed by atoms with E-state index in [9.17, 15) is 0 Å². The Bertz CT molecular complexity index is 417. The summed E-state index contributed by atoms with van der Waals surface area (Å²) in [4.78, 5) is 0. The second-order valence-corrected chi connectivity index (χ2v) is 5.87. The first-order valence-corrected chi connectivity index (χ1v) is 7.67. The maximum absolute atomic E-state index is 5.44. The molecular weight excluding hydrogens is 306 g/mol. The highest BCUT2D eigenvalue weighted by molar-refractivity contribution is 9.10. The van der Waals surface area contributed by atoms with Gasteiger partial charge >= 0.3 is 0 Å². The third-order valence-corrected chi connectivity index (χ3v) is 4.36. The number of hydrogen-bond acceptors (Lipinski definition) is 3. The average Bonchev–Trinajstić information content (AvgIpc) is 2.46. The number of rotatable bonds is 5. The smallest absolute Gasteiger partial charge is 0.136 e. The molecule has 0 saturated heterocycles. The van der Waals surface area contributed by atoms with Crippen LogP contribution in [0.1, 0.15) is 37.7 Å². The van der Waals surface area contributed by atoms with Crippen LogP contribution < -0.4 is 14.8 Å². The summed E-state index contributed by atoms with van der Waals surface area (Å²) >= 11 is 3.53. The van der Waals surface area contributed by atoms with E-state index in [-0.39, 0.29) is 0 Å². The predicted octanol–water partition coefficient (Wildman–Crippen LogP) is 3.89. The molecule has 0 aliphatic heterocycles. The Morgan fingerprint density at radius 3 is 2.42 bits per heavy atom. The third-order valence-electron chi connectivity index (χ3n) is 3.74. The first-order valence-electron chi connectivity index (χ1n) is 6.88. The molecule has 19 heavy (non-hydrogen) atoms. The van der Waals surface area contributed by atoms with Gasteiger partial charge in [-0.15, -0.1) is 0 Å². The van der Waals surface area contributed by atoms with Crippen LogP contribution >= 0.6 is 15.9 Å². The topological polar surface area (TPSA) is 30.5 Å². The number of ether oxygens (including phenoxy) is 2. The van der Waals surface area contributed by atoms with E-state index in [1.165, 1.54) is 37.7 Å². The SMILES string of the molecule is COc1cc(OC)c(CNC2CCCCC2)cc1Br. The Morgan fingerprint density at radius 2 is 1.79 bits per heavy atom. The van der Waals surface area contributed by atoms with E-state index in [0.717, 1.165) is 22.5 Å². The van der Waals surface area contributed by atoms with Crippen LogP contribution in [0.25, 0.3) is 0 Å². The molecule has 2 rings (SSSR count). The van der Waals surface area contributed by atoms with Crippen molar-refractivity contribution in [3.63, 3.8) is 0 Å². The summed E-state index contributed by atoms with van der Waals surface area (Å²) in [7, 11) is 3.37. The van der Waals surface area contributed by atoms with Crippen molar-refractivity contribution in [1.82, 2.24) is 5.32 Å². The van der Waals surface area contributed by atoms with Gasteiger partial charge in [-0.25, -0.2) is 0 Å². The van der Waals surface area contributed by atoms with E-state index in [1.54, 1.807) is 14.2 Å². The van der Waals surface area contributed by atoms with Gasteiger partial charge < -0.3 is 14.8 Å². The van der Waals surface area contributed by atoms with Crippen LogP contribution in [0.5, 0.6) is 11.5 Å². The molecule has 1 N–H and O–H groups in total. The van der Waals surface area contributed by atoms with Gasteiger partial charge in [0.15, 0.2) is 0 Å². The molecule has 0 bridgehead atoms. The molecule has 0 unspecified atom stereocenters. The second kappa shape index (κ2) is 7.15. The minimum absolute atomic E-state index is 0.652. The van der Waals surface area contributed by atoms with Gasteiger partial charge in [0.2, 0.25) is 0 Å². The van der Waals surface area contributed by atoms with Crippen molar-refractivity contribution in [1.29, 1.82) is 0 Å². The molecular formula is C15H22BrNO2. The minimum atomic E-state index is 0.652. The van der Waals surface area contributed by atoms with Crippen LogP contribution in [0.2, 0.25) is 0 Å². The molecule has 0 amide bonds. The fourth-order valence-corrected chi connectivity index (χ4v) is 3.17. The average molecular weight is 328 g/mol. The Balaban J connectivity index is 2.04. The maximum Gasteiger partial charge on any atom is 0.136 e. The second-order valence-electron chi connectivity index (χ2n) is 5.01. The molecule has 1 aliphatic rings. The van der Waals surface area contributed by atoms with Crippen molar-refractivity contribution < 1.29 is 9.47 Å². The molecule has 3 nitrogen and oxygen atoms in total. The Hall–Kier alpha value is -0.740. The van der Waals surface area contributed by atoms with Gasteiger partial charge in [0, 0.05) is 24.2 Å². The van der Waals surface area contributed by atoms with Gasteiger partial charge in [0.05, 0.1) is 18.7 Å². The van der Waals surface area contributed by atoms with Crippen LogP contribution in [-0.4, -0.2) is 20.3 Å². The molecule has 1 saturated carbocycles. The molecule has 0 atom stereocenters. The summed E-state index contributed by atoms with van der Waals surface area (Å²) in [5.41, 5.74) is 1.17. The number of nitrogens with one attached hydrogen (secondary N) is 1. The van der Waals surface area contributed by atoms with Crippen LogP contribution in [-0.2, 0) is 6.54 Å². The zero-order valence-corrected chi connectivity index (χ0v) is 13.3. The monoisotopic (exact) mass is 327 g/mol. The summed E-state index contributed by atoms with van der Waals surface area (Å²) in [6.07, 6.45) is 6.66. The first kappa shape index (κ1) is 14.7. The van der Waals surface area contributed by atoms with Crippen molar-refractivity contribution >= 4 is 15.9 Å². The largest absolute Gasteiger partial charge is 0.496 e. The van der Waals surface area contributed by atoms with E-state index in [0.29, 0.717) is 6.04 Å². The van der Waals surface area contributed by atoms with E-state index in [1.807, 2.05) is 6.07 Å². The number of halogens is 1. The zero-order valence-electron chi connectivity index (χ0n) is 11.7. The standard InChI is InChI=1S/C15H22BrNO2/c1-18-14-9-15(19-2)13(16)8-11(14)10-17-12-6-4-3-5-7-12/h8-9,12,17H,3-7,10H2,1-2H3. The van der Waals surface area contributed by atoms with Crippen molar-refractivity contribution in [3.8, 4) is 11.5 Å². The summed E-state index contributed by atoms with van der Waals surface area (Å²) in [5.74, 6) is 1.68.